The van der Waals surface area contributed by atoms with E-state index in [-0.39, 0.29) is 24.0 Å². The van der Waals surface area contributed by atoms with Gasteiger partial charge in [0.2, 0.25) is 0 Å². The summed E-state index contributed by atoms with van der Waals surface area (Å²) in [4.78, 5) is 9.18. The second-order valence-corrected chi connectivity index (χ2v) is 7.40. The van der Waals surface area contributed by atoms with Gasteiger partial charge in [-0.2, -0.15) is 0 Å². The van der Waals surface area contributed by atoms with Crippen molar-refractivity contribution in [3.05, 3.63) is 23.8 Å². The molecule has 7 heteroatoms. The molecule has 1 aliphatic rings. The first-order valence-corrected chi connectivity index (χ1v) is 9.92. The lowest BCUT2D eigenvalue weighted by Crippen LogP contribution is -2.43. The first kappa shape index (κ1) is 24.8. The first-order valence-electron chi connectivity index (χ1n) is 9.92. The lowest BCUT2D eigenvalue weighted by molar-refractivity contribution is 0.286. The molecule has 28 heavy (non-hydrogen) atoms. The van der Waals surface area contributed by atoms with Crippen molar-refractivity contribution in [2.75, 3.05) is 61.0 Å². The molecule has 1 fully saturated rings. The van der Waals surface area contributed by atoms with Crippen LogP contribution >= 0.6 is 24.0 Å². The number of aliphatic imine (C=N–C) groups is 1. The van der Waals surface area contributed by atoms with Crippen molar-refractivity contribution < 1.29 is 9.47 Å². The van der Waals surface area contributed by atoms with Crippen molar-refractivity contribution in [2.24, 2.45) is 10.9 Å². The minimum absolute atomic E-state index is 0. The van der Waals surface area contributed by atoms with Crippen LogP contribution in [0.25, 0.3) is 0 Å². The zero-order valence-electron chi connectivity index (χ0n) is 18.0. The third-order valence-corrected chi connectivity index (χ3v) is 5.13. The van der Waals surface area contributed by atoms with Gasteiger partial charge >= 0.3 is 0 Å². The molecule has 1 heterocycles. The fraction of sp³-hybridized carbons (Fsp3) is 0.667. The topological polar surface area (TPSA) is 49.3 Å². The van der Waals surface area contributed by atoms with Gasteiger partial charge in [-0.05, 0) is 56.0 Å². The van der Waals surface area contributed by atoms with Crippen molar-refractivity contribution in [3.63, 3.8) is 0 Å². The molecule has 6 nitrogen and oxygen atoms in total. The van der Waals surface area contributed by atoms with Crippen LogP contribution in [0.4, 0.5) is 0 Å². The molecule has 1 unspecified atom stereocenters. The van der Waals surface area contributed by atoms with E-state index in [2.05, 4.69) is 40.1 Å². The van der Waals surface area contributed by atoms with Gasteiger partial charge in [-0.1, -0.05) is 13.0 Å². The van der Waals surface area contributed by atoms with Gasteiger partial charge in [-0.25, -0.2) is 0 Å². The van der Waals surface area contributed by atoms with E-state index >= 15 is 0 Å². The molecule has 1 aromatic carbocycles. The molecule has 1 aliphatic heterocycles. The lowest BCUT2D eigenvalue weighted by atomic mass is 10.1. The standard InChI is InChI=1S/C21H36N4O2.HI/c1-17(16-25-11-6-7-12-25)15-23-21(22-2)24(3)13-10-18-8-9-19(26-4)20(14-18)27-5;/h8-9,14,17H,6-7,10-13,15-16H2,1-5H3,(H,22,23);1H. The van der Waals surface area contributed by atoms with E-state index in [9.17, 15) is 0 Å². The zero-order chi connectivity index (χ0) is 19.6. The summed E-state index contributed by atoms with van der Waals surface area (Å²) in [6.07, 6.45) is 3.61. The van der Waals surface area contributed by atoms with Gasteiger partial charge in [0.05, 0.1) is 14.2 Å². The fourth-order valence-electron chi connectivity index (χ4n) is 3.56. The molecule has 0 aromatic heterocycles. The summed E-state index contributed by atoms with van der Waals surface area (Å²) in [5.74, 6) is 3.10. The number of benzene rings is 1. The van der Waals surface area contributed by atoms with Gasteiger partial charge in [-0.15, -0.1) is 24.0 Å². The van der Waals surface area contributed by atoms with Crippen LogP contribution in [0.1, 0.15) is 25.3 Å². The van der Waals surface area contributed by atoms with E-state index in [1.54, 1.807) is 14.2 Å². The highest BCUT2D eigenvalue weighted by atomic mass is 127. The van der Waals surface area contributed by atoms with Crippen molar-refractivity contribution >= 4 is 29.9 Å². The van der Waals surface area contributed by atoms with Crippen LogP contribution in [-0.4, -0.2) is 76.8 Å². The third-order valence-electron chi connectivity index (χ3n) is 5.13. The molecule has 0 aliphatic carbocycles. The number of methoxy groups -OCH3 is 2. The summed E-state index contributed by atoms with van der Waals surface area (Å²) < 4.78 is 10.7. The Kier molecular flexibility index (Phi) is 11.6. The summed E-state index contributed by atoms with van der Waals surface area (Å²) in [6.45, 7) is 7.82. The predicted molar refractivity (Wildman–Crippen MR) is 127 cm³/mol. The van der Waals surface area contributed by atoms with Gasteiger partial charge < -0.3 is 24.6 Å². The average Bonchev–Trinajstić information content (AvgIpc) is 3.19. The summed E-state index contributed by atoms with van der Waals surface area (Å²) in [5.41, 5.74) is 1.22. The molecule has 160 valence electrons. The Labute approximate surface area is 187 Å². The largest absolute Gasteiger partial charge is 0.493 e. The molecular formula is C21H37IN4O2. The molecule has 0 bridgehead atoms. The zero-order valence-corrected chi connectivity index (χ0v) is 20.4. The Morgan fingerprint density at radius 2 is 1.89 bits per heavy atom. The summed E-state index contributed by atoms with van der Waals surface area (Å²) in [5, 5.41) is 3.52. The van der Waals surface area contributed by atoms with E-state index in [0.717, 1.165) is 37.0 Å². The number of nitrogens with one attached hydrogen (secondary N) is 1. The fourth-order valence-corrected chi connectivity index (χ4v) is 3.56. The van der Waals surface area contributed by atoms with Gasteiger partial charge in [0.1, 0.15) is 0 Å². The number of rotatable bonds is 9. The number of hydrogen-bond donors (Lipinski definition) is 1. The molecule has 0 amide bonds. The normalized spacial score (nSPS) is 15.7. The number of hydrogen-bond acceptors (Lipinski definition) is 4. The van der Waals surface area contributed by atoms with Crippen LogP contribution < -0.4 is 14.8 Å². The number of guanidine groups is 1. The second-order valence-electron chi connectivity index (χ2n) is 7.40. The number of likely N-dealkylation sites (N-methyl/N-ethyl adjacent to an activating group) is 1. The van der Waals surface area contributed by atoms with Crippen LogP contribution in [0.3, 0.4) is 0 Å². The van der Waals surface area contributed by atoms with E-state index in [0.29, 0.717) is 5.92 Å². The summed E-state index contributed by atoms with van der Waals surface area (Å²) >= 11 is 0. The monoisotopic (exact) mass is 504 g/mol. The van der Waals surface area contributed by atoms with Crippen molar-refractivity contribution in [1.82, 2.24) is 15.1 Å². The smallest absolute Gasteiger partial charge is 0.193 e. The number of nitrogens with zero attached hydrogens (tertiary/aromatic N) is 3. The highest BCUT2D eigenvalue weighted by molar-refractivity contribution is 14.0. The molecule has 0 spiro atoms. The average molecular weight is 504 g/mol. The molecule has 1 aromatic rings. The summed E-state index contributed by atoms with van der Waals surface area (Å²) in [7, 11) is 7.26. The van der Waals surface area contributed by atoms with E-state index in [1.807, 2.05) is 19.2 Å². The molecule has 0 radical (unpaired) electrons. The van der Waals surface area contributed by atoms with Crippen LogP contribution in [-0.2, 0) is 6.42 Å². The lowest BCUT2D eigenvalue weighted by Gasteiger charge is -2.25. The maximum absolute atomic E-state index is 5.39. The van der Waals surface area contributed by atoms with Gasteiger partial charge in [-0.3, -0.25) is 4.99 Å². The quantitative estimate of drug-likeness (QED) is 0.318. The molecule has 0 saturated carbocycles. The Morgan fingerprint density at radius 1 is 1.21 bits per heavy atom. The maximum Gasteiger partial charge on any atom is 0.193 e. The van der Waals surface area contributed by atoms with Gasteiger partial charge in [0.25, 0.3) is 0 Å². The SMILES string of the molecule is CN=C(NCC(C)CN1CCCC1)N(C)CCc1ccc(OC)c(OC)c1.I. The molecule has 1 saturated heterocycles. The highest BCUT2D eigenvalue weighted by Gasteiger charge is 2.15. The maximum atomic E-state index is 5.39. The Balaban J connectivity index is 0.00000392. The van der Waals surface area contributed by atoms with Crippen molar-refractivity contribution in [2.45, 2.75) is 26.2 Å². The van der Waals surface area contributed by atoms with Crippen LogP contribution in [0.5, 0.6) is 11.5 Å². The second kappa shape index (κ2) is 13.1. The predicted octanol–water partition coefficient (Wildman–Crippen LogP) is 3.10. The van der Waals surface area contributed by atoms with E-state index in [4.69, 9.17) is 9.47 Å². The molecular weight excluding hydrogens is 467 g/mol. The van der Waals surface area contributed by atoms with Crippen molar-refractivity contribution in [1.29, 1.82) is 0 Å². The van der Waals surface area contributed by atoms with Crippen LogP contribution in [0.15, 0.2) is 23.2 Å². The first-order chi connectivity index (χ1) is 13.1. The van der Waals surface area contributed by atoms with Crippen LogP contribution in [0, 0.1) is 5.92 Å². The minimum Gasteiger partial charge on any atom is -0.493 e. The number of likely N-dealkylation sites (tertiary alicyclic amines) is 1. The van der Waals surface area contributed by atoms with Crippen molar-refractivity contribution in [3.8, 4) is 11.5 Å². The Hall–Kier alpha value is -1.22. The number of halogens is 1. The number of ether oxygens (including phenoxy) is 2. The highest BCUT2D eigenvalue weighted by Crippen LogP contribution is 2.27. The van der Waals surface area contributed by atoms with Crippen LogP contribution in [0.2, 0.25) is 0 Å². The van der Waals surface area contributed by atoms with Gasteiger partial charge in [0, 0.05) is 33.7 Å². The minimum atomic E-state index is 0. The Bertz CT molecular complexity index is 606. The molecule has 2 rings (SSSR count). The van der Waals surface area contributed by atoms with E-state index in [1.165, 1.54) is 38.0 Å². The summed E-state index contributed by atoms with van der Waals surface area (Å²) in [6, 6.07) is 6.09. The Morgan fingerprint density at radius 3 is 2.50 bits per heavy atom. The van der Waals surface area contributed by atoms with Gasteiger partial charge in [0.15, 0.2) is 17.5 Å². The molecule has 1 N–H and O–H groups in total. The molecule has 1 atom stereocenters. The third kappa shape index (κ3) is 7.66. The van der Waals surface area contributed by atoms with E-state index < -0.39 is 0 Å².